The van der Waals surface area contributed by atoms with Crippen molar-refractivity contribution in [2.75, 3.05) is 6.26 Å². The van der Waals surface area contributed by atoms with E-state index in [9.17, 15) is 4.39 Å². The van der Waals surface area contributed by atoms with Crippen LogP contribution in [0.1, 0.15) is 11.1 Å². The molecule has 0 fully saturated rings. The predicted molar refractivity (Wildman–Crippen MR) is 73.6 cm³/mol. The van der Waals surface area contributed by atoms with Crippen LogP contribution in [0.15, 0.2) is 53.4 Å². The van der Waals surface area contributed by atoms with Crippen molar-refractivity contribution >= 4 is 23.9 Å². The summed E-state index contributed by atoms with van der Waals surface area (Å²) < 4.78 is 12.7. The average molecular weight is 244 g/mol. The van der Waals surface area contributed by atoms with Gasteiger partial charge in [0.25, 0.3) is 0 Å². The number of halogens is 1. The molecule has 2 aromatic carbocycles. The number of rotatable bonds is 3. The minimum atomic E-state index is -0.202. The van der Waals surface area contributed by atoms with Crippen molar-refractivity contribution in [3.63, 3.8) is 0 Å². The van der Waals surface area contributed by atoms with E-state index in [-0.39, 0.29) is 5.82 Å². The number of thioether (sulfide) groups is 1. The zero-order valence-corrected chi connectivity index (χ0v) is 10.4. The summed E-state index contributed by atoms with van der Waals surface area (Å²) in [6.45, 7) is 0. The van der Waals surface area contributed by atoms with E-state index in [1.54, 1.807) is 23.9 Å². The maximum atomic E-state index is 12.7. The largest absolute Gasteiger partial charge is 0.207 e. The summed E-state index contributed by atoms with van der Waals surface area (Å²) >= 11 is 1.73. The average Bonchev–Trinajstić information content (AvgIpc) is 2.39. The molecule has 0 aliphatic heterocycles. The van der Waals surface area contributed by atoms with E-state index < -0.39 is 0 Å². The van der Waals surface area contributed by atoms with Crippen LogP contribution < -0.4 is 0 Å². The molecule has 0 aromatic heterocycles. The van der Waals surface area contributed by atoms with Gasteiger partial charge in [-0.1, -0.05) is 36.4 Å². The van der Waals surface area contributed by atoms with Crippen molar-refractivity contribution in [3.8, 4) is 0 Å². The van der Waals surface area contributed by atoms with Gasteiger partial charge in [0.1, 0.15) is 5.82 Å². The molecule has 0 unspecified atom stereocenters. The first-order chi connectivity index (χ1) is 8.28. The molecule has 17 heavy (non-hydrogen) atoms. The van der Waals surface area contributed by atoms with E-state index in [2.05, 4.69) is 30.5 Å². The van der Waals surface area contributed by atoms with Crippen molar-refractivity contribution in [1.82, 2.24) is 0 Å². The van der Waals surface area contributed by atoms with Gasteiger partial charge in [-0.15, -0.1) is 11.8 Å². The fourth-order valence-electron chi connectivity index (χ4n) is 1.48. The molecule has 2 heteroatoms. The minimum absolute atomic E-state index is 0.202. The summed E-state index contributed by atoms with van der Waals surface area (Å²) in [6.07, 6.45) is 6.06. The van der Waals surface area contributed by atoms with Gasteiger partial charge in [0.15, 0.2) is 0 Å². The van der Waals surface area contributed by atoms with Gasteiger partial charge in [0.2, 0.25) is 0 Å². The van der Waals surface area contributed by atoms with Crippen molar-refractivity contribution in [2.24, 2.45) is 0 Å². The van der Waals surface area contributed by atoms with E-state index >= 15 is 0 Å². The summed E-state index contributed by atoms with van der Waals surface area (Å²) in [5.74, 6) is -0.202. The van der Waals surface area contributed by atoms with Crippen LogP contribution in [0.25, 0.3) is 12.2 Å². The molecule has 0 amide bonds. The molecule has 0 saturated carbocycles. The molecule has 0 radical (unpaired) electrons. The summed E-state index contributed by atoms with van der Waals surface area (Å²) in [5, 5.41) is 0. The van der Waals surface area contributed by atoms with Crippen LogP contribution in [0.5, 0.6) is 0 Å². The van der Waals surface area contributed by atoms with Crippen LogP contribution in [-0.2, 0) is 0 Å². The van der Waals surface area contributed by atoms with Gasteiger partial charge in [-0.25, -0.2) is 4.39 Å². The second kappa shape index (κ2) is 5.69. The third kappa shape index (κ3) is 3.46. The Labute approximate surface area is 105 Å². The molecule has 86 valence electrons. The molecule has 0 heterocycles. The molecule has 0 spiro atoms. The SMILES string of the molecule is CSc1ccc(/C=C/c2ccc(F)cc2)cc1. The highest BCUT2D eigenvalue weighted by atomic mass is 32.2. The quantitative estimate of drug-likeness (QED) is 0.556. The number of hydrogen-bond donors (Lipinski definition) is 0. The third-order valence-corrected chi connectivity index (χ3v) is 3.20. The summed E-state index contributed by atoms with van der Waals surface area (Å²) in [6, 6.07) is 14.8. The first-order valence-corrected chi connectivity index (χ1v) is 6.58. The molecule has 0 aliphatic carbocycles. The lowest BCUT2D eigenvalue weighted by Crippen LogP contribution is -1.75. The lowest BCUT2D eigenvalue weighted by Gasteiger charge is -1.97. The molecule has 0 N–H and O–H groups in total. The maximum absolute atomic E-state index is 12.7. The Bertz CT molecular complexity index is 497. The van der Waals surface area contributed by atoms with Crippen LogP contribution in [0, 0.1) is 5.82 Å². The zero-order valence-electron chi connectivity index (χ0n) is 9.56. The van der Waals surface area contributed by atoms with Gasteiger partial charge in [0.05, 0.1) is 0 Å². The van der Waals surface area contributed by atoms with Crippen LogP contribution in [0.2, 0.25) is 0 Å². The van der Waals surface area contributed by atoms with E-state index in [1.807, 2.05) is 12.2 Å². The van der Waals surface area contributed by atoms with E-state index in [0.717, 1.165) is 11.1 Å². The highest BCUT2D eigenvalue weighted by Crippen LogP contribution is 2.16. The topological polar surface area (TPSA) is 0 Å². The molecular formula is C15H13FS. The Morgan fingerprint density at radius 3 is 1.76 bits per heavy atom. The fraction of sp³-hybridized carbons (Fsp3) is 0.0667. The molecule has 0 nitrogen and oxygen atoms in total. The van der Waals surface area contributed by atoms with Crippen LogP contribution in [0.3, 0.4) is 0 Å². The van der Waals surface area contributed by atoms with Gasteiger partial charge in [-0.2, -0.15) is 0 Å². The highest BCUT2D eigenvalue weighted by Gasteiger charge is 1.91. The lowest BCUT2D eigenvalue weighted by atomic mass is 10.1. The zero-order chi connectivity index (χ0) is 12.1. The molecule has 2 aromatic rings. The number of benzene rings is 2. The Kier molecular flexibility index (Phi) is 3.99. The smallest absolute Gasteiger partial charge is 0.123 e. The van der Waals surface area contributed by atoms with Gasteiger partial charge in [-0.3, -0.25) is 0 Å². The van der Waals surface area contributed by atoms with Gasteiger partial charge in [-0.05, 0) is 41.6 Å². The first-order valence-electron chi connectivity index (χ1n) is 5.35. The van der Waals surface area contributed by atoms with E-state index in [0.29, 0.717) is 0 Å². The van der Waals surface area contributed by atoms with Crippen molar-refractivity contribution in [1.29, 1.82) is 0 Å². The normalized spacial score (nSPS) is 10.9. The number of hydrogen-bond acceptors (Lipinski definition) is 1. The standard InChI is InChI=1S/C15H13FS/c1-17-15-10-6-13(7-11-15)3-2-12-4-8-14(16)9-5-12/h2-11H,1H3/b3-2+. The Balaban J connectivity index is 2.11. The monoisotopic (exact) mass is 244 g/mol. The van der Waals surface area contributed by atoms with Crippen molar-refractivity contribution in [2.45, 2.75) is 4.90 Å². The highest BCUT2D eigenvalue weighted by molar-refractivity contribution is 7.98. The van der Waals surface area contributed by atoms with E-state index in [4.69, 9.17) is 0 Å². The van der Waals surface area contributed by atoms with Crippen molar-refractivity contribution < 1.29 is 4.39 Å². The van der Waals surface area contributed by atoms with Gasteiger partial charge < -0.3 is 0 Å². The predicted octanol–water partition coefficient (Wildman–Crippen LogP) is 4.72. The first kappa shape index (κ1) is 11.9. The van der Waals surface area contributed by atoms with Crippen molar-refractivity contribution in [3.05, 3.63) is 65.5 Å². The molecular weight excluding hydrogens is 231 g/mol. The second-order valence-electron chi connectivity index (χ2n) is 3.66. The minimum Gasteiger partial charge on any atom is -0.207 e. The molecule has 0 saturated heterocycles. The fourth-order valence-corrected chi connectivity index (χ4v) is 1.89. The third-order valence-electron chi connectivity index (χ3n) is 2.45. The molecule has 0 bridgehead atoms. The summed E-state index contributed by atoms with van der Waals surface area (Å²) in [5.41, 5.74) is 2.15. The van der Waals surface area contributed by atoms with Crippen LogP contribution >= 0.6 is 11.8 Å². The van der Waals surface area contributed by atoms with Crippen LogP contribution in [-0.4, -0.2) is 6.26 Å². The van der Waals surface area contributed by atoms with E-state index in [1.165, 1.54) is 17.0 Å². The van der Waals surface area contributed by atoms with Gasteiger partial charge >= 0.3 is 0 Å². The molecule has 0 aliphatic rings. The summed E-state index contributed by atoms with van der Waals surface area (Å²) in [7, 11) is 0. The maximum Gasteiger partial charge on any atom is 0.123 e. The molecule has 0 atom stereocenters. The lowest BCUT2D eigenvalue weighted by molar-refractivity contribution is 0.628. The Hall–Kier alpha value is -1.54. The summed E-state index contributed by atoms with van der Waals surface area (Å²) in [4.78, 5) is 1.25. The van der Waals surface area contributed by atoms with Gasteiger partial charge in [0, 0.05) is 4.90 Å². The molecule has 2 rings (SSSR count). The Morgan fingerprint density at radius 2 is 1.29 bits per heavy atom. The van der Waals surface area contributed by atoms with Crippen LogP contribution in [0.4, 0.5) is 4.39 Å². The second-order valence-corrected chi connectivity index (χ2v) is 4.54. The Morgan fingerprint density at radius 1 is 0.824 bits per heavy atom.